The van der Waals surface area contributed by atoms with E-state index in [1.54, 1.807) is 13.2 Å². The first kappa shape index (κ1) is 15.4. The van der Waals surface area contributed by atoms with Crippen LogP contribution in [-0.2, 0) is 10.0 Å². The lowest BCUT2D eigenvalue weighted by atomic mass is 10.1. The standard InChI is InChI=1S/C11H18BrN3O2S/c1-4-8(2)6-15-18(16,17)10-5-9(12)7-14-11(10)13-3/h5,7-8,15H,4,6H2,1-3H3,(H,13,14). The molecule has 5 nitrogen and oxygen atoms in total. The first-order valence-electron chi connectivity index (χ1n) is 5.73. The van der Waals surface area contributed by atoms with Gasteiger partial charge in [-0.25, -0.2) is 18.1 Å². The Kier molecular flexibility index (Phi) is 5.55. The molecule has 0 radical (unpaired) electrons. The summed E-state index contributed by atoms with van der Waals surface area (Å²) in [6.07, 6.45) is 2.48. The van der Waals surface area contributed by atoms with Gasteiger partial charge in [0.15, 0.2) is 0 Å². The Hall–Kier alpha value is -0.660. The van der Waals surface area contributed by atoms with E-state index in [0.717, 1.165) is 6.42 Å². The van der Waals surface area contributed by atoms with Crippen molar-refractivity contribution in [1.29, 1.82) is 0 Å². The van der Waals surface area contributed by atoms with E-state index in [9.17, 15) is 8.42 Å². The summed E-state index contributed by atoms with van der Waals surface area (Å²) in [5.41, 5.74) is 0. The van der Waals surface area contributed by atoms with Gasteiger partial charge in [-0.15, -0.1) is 0 Å². The minimum absolute atomic E-state index is 0.155. The minimum atomic E-state index is -3.54. The van der Waals surface area contributed by atoms with Crippen molar-refractivity contribution in [2.45, 2.75) is 25.2 Å². The highest BCUT2D eigenvalue weighted by Gasteiger charge is 2.20. The number of halogens is 1. The molecule has 0 fully saturated rings. The van der Waals surface area contributed by atoms with E-state index >= 15 is 0 Å². The Morgan fingerprint density at radius 2 is 2.17 bits per heavy atom. The van der Waals surface area contributed by atoms with Gasteiger partial charge in [0.05, 0.1) is 0 Å². The molecule has 1 atom stereocenters. The van der Waals surface area contributed by atoms with Crippen molar-refractivity contribution in [2.75, 3.05) is 18.9 Å². The lowest BCUT2D eigenvalue weighted by Gasteiger charge is -2.13. The molecule has 1 rings (SSSR count). The quantitative estimate of drug-likeness (QED) is 0.836. The summed E-state index contributed by atoms with van der Waals surface area (Å²) in [6.45, 7) is 4.45. The van der Waals surface area contributed by atoms with Crippen LogP contribution in [0.15, 0.2) is 21.6 Å². The average molecular weight is 336 g/mol. The van der Waals surface area contributed by atoms with Crippen molar-refractivity contribution in [1.82, 2.24) is 9.71 Å². The molecule has 1 heterocycles. The van der Waals surface area contributed by atoms with Crippen molar-refractivity contribution in [3.05, 3.63) is 16.7 Å². The van der Waals surface area contributed by atoms with Crippen molar-refractivity contribution in [2.24, 2.45) is 5.92 Å². The van der Waals surface area contributed by atoms with E-state index in [4.69, 9.17) is 0 Å². The molecule has 0 amide bonds. The molecule has 1 aromatic heterocycles. The lowest BCUT2D eigenvalue weighted by molar-refractivity contribution is 0.528. The highest BCUT2D eigenvalue weighted by atomic mass is 79.9. The number of nitrogens with one attached hydrogen (secondary N) is 2. The largest absolute Gasteiger partial charge is 0.372 e. The second-order valence-electron chi connectivity index (χ2n) is 4.12. The van der Waals surface area contributed by atoms with Crippen LogP contribution >= 0.6 is 15.9 Å². The topological polar surface area (TPSA) is 71.1 Å². The Morgan fingerprint density at radius 3 is 2.72 bits per heavy atom. The summed E-state index contributed by atoms with van der Waals surface area (Å²) in [5.74, 6) is 0.646. The molecule has 102 valence electrons. The van der Waals surface area contributed by atoms with E-state index in [1.807, 2.05) is 13.8 Å². The number of hydrogen-bond donors (Lipinski definition) is 2. The van der Waals surface area contributed by atoms with Gasteiger partial charge in [0.1, 0.15) is 10.7 Å². The lowest BCUT2D eigenvalue weighted by Crippen LogP contribution is -2.29. The molecule has 0 saturated heterocycles. The van der Waals surface area contributed by atoms with Crippen molar-refractivity contribution in [3.8, 4) is 0 Å². The maximum absolute atomic E-state index is 12.2. The molecule has 1 unspecified atom stereocenters. The summed E-state index contributed by atoms with van der Waals surface area (Å²) in [5, 5.41) is 2.78. The SMILES string of the molecule is CCC(C)CNS(=O)(=O)c1cc(Br)cnc1NC. The Morgan fingerprint density at radius 1 is 1.50 bits per heavy atom. The number of aromatic nitrogens is 1. The van der Waals surface area contributed by atoms with Crippen LogP contribution in [0, 0.1) is 5.92 Å². The number of anilines is 1. The molecule has 0 spiro atoms. The third-order valence-electron chi connectivity index (χ3n) is 2.66. The summed E-state index contributed by atoms with van der Waals surface area (Å²) < 4.78 is 27.6. The Bertz CT molecular complexity index is 505. The van der Waals surface area contributed by atoms with Crippen LogP contribution in [-0.4, -0.2) is 27.0 Å². The summed E-state index contributed by atoms with van der Waals surface area (Å²) in [7, 11) is -1.89. The first-order valence-corrected chi connectivity index (χ1v) is 8.01. The fourth-order valence-corrected chi connectivity index (χ4v) is 3.12. The highest BCUT2D eigenvalue weighted by Crippen LogP contribution is 2.22. The third-order valence-corrected chi connectivity index (χ3v) is 4.54. The van der Waals surface area contributed by atoms with Gasteiger partial charge in [-0.2, -0.15) is 0 Å². The molecule has 0 saturated carbocycles. The molecule has 1 aromatic rings. The van der Waals surface area contributed by atoms with Crippen LogP contribution in [0.1, 0.15) is 20.3 Å². The molecule has 0 aromatic carbocycles. The second-order valence-corrected chi connectivity index (χ2v) is 6.77. The van der Waals surface area contributed by atoms with Crippen molar-refractivity contribution < 1.29 is 8.42 Å². The molecule has 0 aliphatic rings. The van der Waals surface area contributed by atoms with E-state index in [0.29, 0.717) is 22.8 Å². The maximum atomic E-state index is 12.2. The third kappa shape index (κ3) is 3.93. The fraction of sp³-hybridized carbons (Fsp3) is 0.545. The number of sulfonamides is 1. The van der Waals surface area contributed by atoms with Gasteiger partial charge in [-0.1, -0.05) is 20.3 Å². The zero-order valence-electron chi connectivity index (χ0n) is 10.7. The normalized spacial score (nSPS) is 13.3. The molecule has 0 aliphatic carbocycles. The molecule has 18 heavy (non-hydrogen) atoms. The smallest absolute Gasteiger partial charge is 0.244 e. The molecule has 0 aliphatic heterocycles. The summed E-state index contributed by atoms with van der Waals surface area (Å²) >= 11 is 3.23. The van der Waals surface area contributed by atoms with Gasteiger partial charge in [0.2, 0.25) is 10.0 Å². The minimum Gasteiger partial charge on any atom is -0.372 e. The van der Waals surface area contributed by atoms with Crippen LogP contribution in [0.3, 0.4) is 0 Å². The van der Waals surface area contributed by atoms with Gasteiger partial charge in [-0.3, -0.25) is 0 Å². The zero-order valence-corrected chi connectivity index (χ0v) is 13.1. The number of pyridine rings is 1. The van der Waals surface area contributed by atoms with E-state index in [-0.39, 0.29) is 4.90 Å². The number of hydrogen-bond acceptors (Lipinski definition) is 4. The van der Waals surface area contributed by atoms with Crippen LogP contribution in [0.4, 0.5) is 5.82 Å². The highest BCUT2D eigenvalue weighted by molar-refractivity contribution is 9.10. The monoisotopic (exact) mass is 335 g/mol. The van der Waals surface area contributed by atoms with Gasteiger partial charge < -0.3 is 5.32 Å². The Labute approximate surface area is 117 Å². The second kappa shape index (κ2) is 6.49. The zero-order chi connectivity index (χ0) is 13.8. The van der Waals surface area contributed by atoms with Gasteiger partial charge in [-0.05, 0) is 27.9 Å². The van der Waals surface area contributed by atoms with Crippen molar-refractivity contribution >= 4 is 31.8 Å². The first-order chi connectivity index (χ1) is 8.40. The van der Waals surface area contributed by atoms with E-state index in [1.165, 1.54) is 6.07 Å². The summed E-state index contributed by atoms with van der Waals surface area (Å²) in [6, 6.07) is 1.54. The molecule has 2 N–H and O–H groups in total. The van der Waals surface area contributed by atoms with Crippen molar-refractivity contribution in [3.63, 3.8) is 0 Å². The van der Waals surface area contributed by atoms with Gasteiger partial charge >= 0.3 is 0 Å². The molecule has 7 heteroatoms. The number of nitrogens with zero attached hydrogens (tertiary/aromatic N) is 1. The summed E-state index contributed by atoms with van der Waals surface area (Å²) in [4.78, 5) is 4.19. The predicted octanol–water partition coefficient (Wildman–Crippen LogP) is 2.21. The Balaban J connectivity index is 3.00. The fourth-order valence-electron chi connectivity index (χ4n) is 1.29. The molecule has 0 bridgehead atoms. The maximum Gasteiger partial charge on any atom is 0.244 e. The van der Waals surface area contributed by atoms with Crippen LogP contribution < -0.4 is 10.0 Å². The van der Waals surface area contributed by atoms with E-state index in [2.05, 4.69) is 31.0 Å². The predicted molar refractivity (Wildman–Crippen MR) is 76.1 cm³/mol. The van der Waals surface area contributed by atoms with Crippen LogP contribution in [0.5, 0.6) is 0 Å². The average Bonchev–Trinajstić information content (AvgIpc) is 2.36. The van der Waals surface area contributed by atoms with Gasteiger partial charge in [0, 0.05) is 24.3 Å². The van der Waals surface area contributed by atoms with Gasteiger partial charge in [0.25, 0.3) is 0 Å². The molecular weight excluding hydrogens is 318 g/mol. The van der Waals surface area contributed by atoms with Crippen LogP contribution in [0.25, 0.3) is 0 Å². The number of rotatable bonds is 6. The van der Waals surface area contributed by atoms with E-state index < -0.39 is 10.0 Å². The molecular formula is C11H18BrN3O2S. The van der Waals surface area contributed by atoms with Crippen LogP contribution in [0.2, 0.25) is 0 Å².